The zero-order valence-corrected chi connectivity index (χ0v) is 14.3. The number of anilines is 1. The first-order chi connectivity index (χ1) is 12.7. The molecule has 11 heteroatoms. The first kappa shape index (κ1) is 19.9. The number of nitrogens with one attached hydrogen (secondary N) is 3. The average Bonchev–Trinajstić information content (AvgIpc) is 3.09. The number of rotatable bonds is 6. The first-order valence-electron chi connectivity index (χ1n) is 7.62. The van der Waals surface area contributed by atoms with Crippen molar-refractivity contribution in [3.63, 3.8) is 0 Å². The van der Waals surface area contributed by atoms with Crippen molar-refractivity contribution < 1.29 is 27.5 Å². The van der Waals surface area contributed by atoms with Gasteiger partial charge < -0.3 is 10.1 Å². The Kier molecular flexibility index (Phi) is 6.16. The third kappa shape index (κ3) is 5.83. The second-order valence-electron chi connectivity index (χ2n) is 5.33. The van der Waals surface area contributed by atoms with Crippen LogP contribution in [0.1, 0.15) is 18.3 Å². The van der Waals surface area contributed by atoms with Gasteiger partial charge in [0.2, 0.25) is 23.6 Å². The minimum Gasteiger partial charge on any atom is -0.497 e. The molecule has 1 aromatic carbocycles. The van der Waals surface area contributed by atoms with Gasteiger partial charge in [-0.15, -0.1) is 5.10 Å². The van der Waals surface area contributed by atoms with E-state index in [1.807, 2.05) is 0 Å². The highest BCUT2D eigenvalue weighted by molar-refractivity contribution is 5.99. The van der Waals surface area contributed by atoms with Gasteiger partial charge in [-0.05, 0) is 30.7 Å². The Morgan fingerprint density at radius 1 is 1.26 bits per heavy atom. The molecule has 1 unspecified atom stereocenters. The van der Waals surface area contributed by atoms with E-state index >= 15 is 0 Å². The molecule has 0 saturated carbocycles. The Morgan fingerprint density at radius 3 is 2.48 bits per heavy atom. The third-order valence-corrected chi connectivity index (χ3v) is 3.28. The van der Waals surface area contributed by atoms with Crippen LogP contribution in [0.4, 0.5) is 19.1 Å². The van der Waals surface area contributed by atoms with E-state index in [9.17, 15) is 22.8 Å². The van der Waals surface area contributed by atoms with E-state index in [4.69, 9.17) is 4.74 Å². The highest BCUT2D eigenvalue weighted by Crippen LogP contribution is 2.26. The van der Waals surface area contributed by atoms with Gasteiger partial charge in [-0.3, -0.25) is 20.0 Å². The van der Waals surface area contributed by atoms with Crippen molar-refractivity contribution in [2.75, 3.05) is 12.4 Å². The molecule has 0 bridgehead atoms. The molecule has 0 fully saturated rings. The summed E-state index contributed by atoms with van der Waals surface area (Å²) in [5.74, 6) is -2.53. The van der Waals surface area contributed by atoms with Gasteiger partial charge in [0.05, 0.1) is 7.11 Å². The number of hydrogen-bond donors (Lipinski definition) is 3. The van der Waals surface area contributed by atoms with Crippen molar-refractivity contribution in [1.82, 2.24) is 20.5 Å². The number of nitrogens with zero attached hydrogens (tertiary/aromatic N) is 2. The number of aromatic nitrogens is 3. The first-order valence-corrected chi connectivity index (χ1v) is 7.62. The van der Waals surface area contributed by atoms with Crippen LogP contribution in [0, 0.1) is 0 Å². The van der Waals surface area contributed by atoms with Crippen molar-refractivity contribution in [3.8, 4) is 5.75 Å². The van der Waals surface area contributed by atoms with Crippen LogP contribution in [0.2, 0.25) is 0 Å². The largest absolute Gasteiger partial charge is 0.497 e. The Morgan fingerprint density at radius 2 is 1.93 bits per heavy atom. The number of methoxy groups -OCH3 is 1. The number of benzene rings is 1. The van der Waals surface area contributed by atoms with Crippen LogP contribution in [0.15, 0.2) is 30.3 Å². The highest BCUT2D eigenvalue weighted by Gasteiger charge is 2.35. The molecule has 2 amide bonds. The van der Waals surface area contributed by atoms with Crippen LogP contribution < -0.4 is 15.4 Å². The third-order valence-electron chi connectivity index (χ3n) is 3.28. The van der Waals surface area contributed by atoms with Crippen molar-refractivity contribution in [2.45, 2.75) is 19.1 Å². The summed E-state index contributed by atoms with van der Waals surface area (Å²) in [5.41, 5.74) is 0.739. The summed E-state index contributed by atoms with van der Waals surface area (Å²) in [5, 5.41) is 9.38. The number of amides is 2. The Balaban J connectivity index is 1.88. The summed E-state index contributed by atoms with van der Waals surface area (Å²) in [6, 6.07) is 5.89. The second-order valence-corrected chi connectivity index (χ2v) is 5.33. The fourth-order valence-electron chi connectivity index (χ4n) is 1.88. The van der Waals surface area contributed by atoms with E-state index in [-0.39, 0.29) is 0 Å². The molecule has 0 radical (unpaired) electrons. The molecule has 0 aliphatic rings. The lowest BCUT2D eigenvalue weighted by Crippen LogP contribution is -2.41. The van der Waals surface area contributed by atoms with Crippen LogP contribution >= 0.6 is 0 Å². The topological polar surface area (TPSA) is 109 Å². The number of halogens is 3. The van der Waals surface area contributed by atoms with E-state index < -0.39 is 35.8 Å². The molecule has 3 N–H and O–H groups in total. The van der Waals surface area contributed by atoms with Crippen LogP contribution in [0.25, 0.3) is 6.08 Å². The fourth-order valence-corrected chi connectivity index (χ4v) is 1.88. The van der Waals surface area contributed by atoms with Gasteiger partial charge in [-0.25, -0.2) is 0 Å². The Labute approximate surface area is 151 Å². The predicted molar refractivity (Wildman–Crippen MR) is 89.6 cm³/mol. The summed E-state index contributed by atoms with van der Waals surface area (Å²) in [6.45, 7) is 1.37. The van der Waals surface area contributed by atoms with E-state index in [2.05, 4.69) is 20.7 Å². The molecule has 1 heterocycles. The van der Waals surface area contributed by atoms with E-state index in [0.717, 1.165) is 5.56 Å². The number of ether oxygens (including phenoxy) is 1. The molecule has 144 valence electrons. The summed E-state index contributed by atoms with van der Waals surface area (Å²) < 4.78 is 42.3. The van der Waals surface area contributed by atoms with Gasteiger partial charge in [0, 0.05) is 6.08 Å². The maximum Gasteiger partial charge on any atom is 0.451 e. The zero-order chi connectivity index (χ0) is 20.0. The fraction of sp³-hybridized carbons (Fsp3) is 0.250. The maximum atomic E-state index is 12.4. The van der Waals surface area contributed by atoms with Gasteiger partial charge in [-0.2, -0.15) is 18.2 Å². The molecule has 0 aliphatic heterocycles. The lowest BCUT2D eigenvalue weighted by Gasteiger charge is -2.11. The molecule has 27 heavy (non-hydrogen) atoms. The molecule has 0 saturated heterocycles. The van der Waals surface area contributed by atoms with E-state index in [1.165, 1.54) is 26.2 Å². The molecule has 2 rings (SSSR count). The molecule has 1 atom stereocenters. The van der Waals surface area contributed by atoms with E-state index in [0.29, 0.717) is 5.75 Å². The normalized spacial score (nSPS) is 12.6. The lowest BCUT2D eigenvalue weighted by molar-refractivity contribution is -0.144. The average molecular weight is 383 g/mol. The molecular formula is C16H16F3N5O3. The van der Waals surface area contributed by atoms with Crippen LogP contribution in [-0.4, -0.2) is 40.1 Å². The quantitative estimate of drug-likeness (QED) is 0.661. The second kappa shape index (κ2) is 8.34. The number of H-pyrrole nitrogens is 1. The minimum absolute atomic E-state index is 0.540. The van der Waals surface area contributed by atoms with Crippen molar-refractivity contribution >= 4 is 23.8 Å². The zero-order valence-electron chi connectivity index (χ0n) is 14.3. The molecule has 0 spiro atoms. The molecule has 1 aromatic heterocycles. The minimum atomic E-state index is -4.71. The lowest BCUT2D eigenvalue weighted by atomic mass is 10.2. The van der Waals surface area contributed by atoms with Gasteiger partial charge in [-0.1, -0.05) is 12.1 Å². The standard InChI is InChI=1S/C16H16F3N5O3/c1-9(13(26)21-15-22-14(23-24-15)16(17,18)19)20-12(25)8-5-10-3-6-11(27-2)7-4-10/h3-9H,1-2H3,(H,20,25)(H2,21,22,23,24,26)/b8-5+. The van der Waals surface area contributed by atoms with Crippen LogP contribution in [0.5, 0.6) is 5.75 Å². The summed E-state index contributed by atoms with van der Waals surface area (Å²) in [4.78, 5) is 26.9. The molecular weight excluding hydrogens is 367 g/mol. The van der Waals surface area contributed by atoms with Crippen molar-refractivity contribution in [1.29, 1.82) is 0 Å². The SMILES string of the molecule is COc1ccc(/C=C/C(=O)NC(C)C(=O)Nc2n[nH]c(C(F)(F)F)n2)cc1. The molecule has 8 nitrogen and oxygen atoms in total. The monoisotopic (exact) mass is 383 g/mol. The van der Waals surface area contributed by atoms with Gasteiger partial charge in [0.1, 0.15) is 11.8 Å². The molecule has 0 aliphatic carbocycles. The van der Waals surface area contributed by atoms with Crippen LogP contribution in [-0.2, 0) is 15.8 Å². The van der Waals surface area contributed by atoms with E-state index in [1.54, 1.807) is 29.4 Å². The Hall–Kier alpha value is -3.37. The number of carbonyl (C=O) groups is 2. The summed E-state index contributed by atoms with van der Waals surface area (Å²) in [6.07, 6.45) is -1.95. The van der Waals surface area contributed by atoms with Gasteiger partial charge in [0.15, 0.2) is 0 Å². The maximum absolute atomic E-state index is 12.4. The van der Waals surface area contributed by atoms with Crippen molar-refractivity contribution in [3.05, 3.63) is 41.7 Å². The summed E-state index contributed by atoms with van der Waals surface area (Å²) >= 11 is 0. The number of hydrogen-bond acceptors (Lipinski definition) is 5. The van der Waals surface area contributed by atoms with Crippen LogP contribution in [0.3, 0.4) is 0 Å². The van der Waals surface area contributed by atoms with Crippen molar-refractivity contribution in [2.24, 2.45) is 0 Å². The number of carbonyl (C=O) groups excluding carboxylic acids is 2. The number of aromatic amines is 1. The number of alkyl halides is 3. The molecule has 2 aromatic rings. The highest BCUT2D eigenvalue weighted by atomic mass is 19.4. The summed E-state index contributed by atoms with van der Waals surface area (Å²) in [7, 11) is 1.53. The van der Waals surface area contributed by atoms with Gasteiger partial charge >= 0.3 is 6.18 Å². The smallest absolute Gasteiger partial charge is 0.451 e. The van der Waals surface area contributed by atoms with Gasteiger partial charge in [0.25, 0.3) is 0 Å². The Bertz CT molecular complexity index is 831. The predicted octanol–water partition coefficient (Wildman–Crippen LogP) is 1.99.